The van der Waals surface area contributed by atoms with Crippen molar-refractivity contribution in [3.8, 4) is 0 Å². The van der Waals surface area contributed by atoms with E-state index in [0.717, 1.165) is 12.0 Å². The van der Waals surface area contributed by atoms with Crippen molar-refractivity contribution in [1.82, 2.24) is 20.5 Å². The number of hydrogen-bond acceptors (Lipinski definition) is 7. The Labute approximate surface area is 158 Å². The minimum absolute atomic E-state index is 0.00983. The maximum absolute atomic E-state index is 12.7. The van der Waals surface area contributed by atoms with Crippen molar-refractivity contribution in [2.24, 2.45) is 0 Å². The Bertz CT molecular complexity index is 715. The third-order valence-corrected chi connectivity index (χ3v) is 4.22. The molecule has 27 heavy (non-hydrogen) atoms. The van der Waals surface area contributed by atoms with Gasteiger partial charge in [0.15, 0.2) is 5.82 Å². The Balaban J connectivity index is 1.61. The van der Waals surface area contributed by atoms with Crippen LogP contribution in [0, 0.1) is 0 Å². The lowest BCUT2D eigenvalue weighted by molar-refractivity contribution is -0.0346. The molecular weight excluding hydrogens is 348 g/mol. The molecule has 0 saturated carbocycles. The fourth-order valence-electron chi connectivity index (χ4n) is 3.00. The minimum atomic E-state index is -0.580. The predicted molar refractivity (Wildman–Crippen MR) is 97.4 cm³/mol. The van der Waals surface area contributed by atoms with E-state index in [1.54, 1.807) is 4.90 Å². The molecule has 0 unspecified atom stereocenters. The van der Waals surface area contributed by atoms with Gasteiger partial charge in [0, 0.05) is 6.54 Å². The molecule has 1 saturated heterocycles. The normalized spacial score (nSPS) is 20.5. The summed E-state index contributed by atoms with van der Waals surface area (Å²) in [5.74, 6) is 0.490. The van der Waals surface area contributed by atoms with Crippen molar-refractivity contribution < 1.29 is 18.9 Å². The number of benzene rings is 1. The number of aromatic nitrogens is 2. The van der Waals surface area contributed by atoms with Crippen molar-refractivity contribution in [1.29, 1.82) is 0 Å². The predicted octanol–water partition coefficient (Wildman–Crippen LogP) is 3.23. The first-order valence-electron chi connectivity index (χ1n) is 9.09. The van der Waals surface area contributed by atoms with Gasteiger partial charge >= 0.3 is 6.09 Å². The second-order valence-electron chi connectivity index (χ2n) is 7.60. The average Bonchev–Trinajstić information content (AvgIpc) is 3.15. The van der Waals surface area contributed by atoms with Crippen LogP contribution in [0.15, 0.2) is 41.2 Å². The van der Waals surface area contributed by atoms with Crippen LogP contribution in [-0.4, -0.2) is 39.3 Å². The van der Waals surface area contributed by atoms with Gasteiger partial charge in [0.1, 0.15) is 5.60 Å². The lowest BCUT2D eigenvalue weighted by Gasteiger charge is -2.38. The van der Waals surface area contributed by atoms with Crippen LogP contribution >= 0.6 is 0 Å². The summed E-state index contributed by atoms with van der Waals surface area (Å²) in [6, 6.07) is 9.63. The highest BCUT2D eigenvalue weighted by molar-refractivity contribution is 5.69. The molecule has 2 aromatic rings. The Morgan fingerprint density at radius 1 is 1.30 bits per heavy atom. The molecule has 1 aliphatic rings. The summed E-state index contributed by atoms with van der Waals surface area (Å²) in [4.78, 5) is 24.1. The SMILES string of the molecule is CC(C)(C)OC(=O)N1C[C@H](NOCc2ccccc2)CC[C@H]1c1ncon1. The van der Waals surface area contributed by atoms with Crippen LogP contribution in [0.4, 0.5) is 4.79 Å². The summed E-state index contributed by atoms with van der Waals surface area (Å²) < 4.78 is 10.4. The van der Waals surface area contributed by atoms with Crippen LogP contribution in [0.3, 0.4) is 0 Å². The number of amides is 1. The number of ether oxygens (including phenoxy) is 1. The first-order chi connectivity index (χ1) is 12.9. The molecular formula is C19H26N4O4. The average molecular weight is 374 g/mol. The summed E-state index contributed by atoms with van der Waals surface area (Å²) >= 11 is 0. The van der Waals surface area contributed by atoms with Crippen LogP contribution in [0.5, 0.6) is 0 Å². The molecule has 1 aromatic heterocycles. The molecule has 1 aromatic carbocycles. The quantitative estimate of drug-likeness (QED) is 0.804. The van der Waals surface area contributed by atoms with E-state index in [1.165, 1.54) is 6.39 Å². The molecule has 0 bridgehead atoms. The summed E-state index contributed by atoms with van der Waals surface area (Å²) in [5, 5.41) is 3.91. The van der Waals surface area contributed by atoms with Crippen LogP contribution in [-0.2, 0) is 16.2 Å². The van der Waals surface area contributed by atoms with Crippen molar-refractivity contribution in [3.63, 3.8) is 0 Å². The molecule has 0 radical (unpaired) electrons. The van der Waals surface area contributed by atoms with Crippen LogP contribution in [0.2, 0.25) is 0 Å². The lowest BCUT2D eigenvalue weighted by Crippen LogP contribution is -2.50. The third-order valence-electron chi connectivity index (χ3n) is 4.22. The van der Waals surface area contributed by atoms with Gasteiger partial charge in [-0.25, -0.2) is 4.79 Å². The highest BCUT2D eigenvalue weighted by atomic mass is 16.6. The number of nitrogens with one attached hydrogen (secondary N) is 1. The van der Waals surface area contributed by atoms with Crippen LogP contribution in [0.1, 0.15) is 51.0 Å². The van der Waals surface area contributed by atoms with Gasteiger partial charge in [0.2, 0.25) is 6.39 Å². The highest BCUT2D eigenvalue weighted by Gasteiger charge is 2.37. The van der Waals surface area contributed by atoms with Gasteiger partial charge in [-0.15, -0.1) is 0 Å². The first kappa shape index (κ1) is 19.3. The molecule has 3 rings (SSSR count). The number of hydroxylamine groups is 1. The molecule has 1 fully saturated rings. The van der Waals surface area contributed by atoms with E-state index in [1.807, 2.05) is 51.1 Å². The molecule has 2 heterocycles. The van der Waals surface area contributed by atoms with E-state index < -0.39 is 11.7 Å². The number of carbonyl (C=O) groups is 1. The van der Waals surface area contributed by atoms with Gasteiger partial charge in [0.05, 0.1) is 18.7 Å². The Morgan fingerprint density at radius 2 is 2.07 bits per heavy atom. The van der Waals surface area contributed by atoms with E-state index in [2.05, 4.69) is 15.6 Å². The standard InChI is InChI=1S/C19H26N4O4/c1-19(2,3)27-18(24)23-11-15(9-10-16(23)17-20-13-26-22-17)21-25-12-14-7-5-4-6-8-14/h4-8,13,15-16,21H,9-12H2,1-3H3/t15-,16+/m1/s1. The van der Waals surface area contributed by atoms with Gasteiger partial charge in [-0.1, -0.05) is 35.5 Å². The second kappa shape index (κ2) is 8.49. The molecule has 146 valence electrons. The van der Waals surface area contributed by atoms with Gasteiger partial charge < -0.3 is 9.26 Å². The summed E-state index contributed by atoms with van der Waals surface area (Å²) in [7, 11) is 0. The van der Waals surface area contributed by atoms with Crippen molar-refractivity contribution in [3.05, 3.63) is 48.1 Å². The number of nitrogens with zero attached hydrogens (tertiary/aromatic N) is 3. The van der Waals surface area contributed by atoms with Crippen LogP contribution in [0.25, 0.3) is 0 Å². The number of likely N-dealkylation sites (tertiary alicyclic amines) is 1. The molecule has 1 N–H and O–H groups in total. The van der Waals surface area contributed by atoms with E-state index in [4.69, 9.17) is 14.1 Å². The van der Waals surface area contributed by atoms with Gasteiger partial charge in [-0.3, -0.25) is 9.74 Å². The second-order valence-corrected chi connectivity index (χ2v) is 7.60. The summed E-state index contributed by atoms with van der Waals surface area (Å²) in [5.41, 5.74) is 3.57. The maximum atomic E-state index is 12.7. The van der Waals surface area contributed by atoms with Crippen molar-refractivity contribution >= 4 is 6.09 Å². The van der Waals surface area contributed by atoms with Gasteiger partial charge in [-0.05, 0) is 39.2 Å². The smallest absolute Gasteiger partial charge is 0.410 e. The molecule has 2 atom stereocenters. The topological polar surface area (TPSA) is 89.7 Å². The van der Waals surface area contributed by atoms with Crippen molar-refractivity contribution in [2.45, 2.75) is 57.9 Å². The molecule has 1 amide bonds. The summed E-state index contributed by atoms with van der Waals surface area (Å²) in [6.45, 7) is 6.42. The molecule has 8 heteroatoms. The zero-order valence-electron chi connectivity index (χ0n) is 15.9. The van der Waals surface area contributed by atoms with E-state index in [-0.39, 0.29) is 12.1 Å². The van der Waals surface area contributed by atoms with Crippen LogP contribution < -0.4 is 5.48 Å². The minimum Gasteiger partial charge on any atom is -0.444 e. The maximum Gasteiger partial charge on any atom is 0.410 e. The molecule has 0 spiro atoms. The number of rotatable bonds is 5. The fraction of sp³-hybridized carbons (Fsp3) is 0.526. The lowest BCUT2D eigenvalue weighted by atomic mass is 9.98. The van der Waals surface area contributed by atoms with Gasteiger partial charge in [0.25, 0.3) is 0 Å². The highest BCUT2D eigenvalue weighted by Crippen LogP contribution is 2.30. The Hall–Kier alpha value is -2.45. The fourth-order valence-corrected chi connectivity index (χ4v) is 3.00. The number of hydrogen-bond donors (Lipinski definition) is 1. The Morgan fingerprint density at radius 3 is 2.74 bits per heavy atom. The molecule has 1 aliphatic heterocycles. The summed E-state index contributed by atoms with van der Waals surface area (Å²) in [6.07, 6.45) is 2.38. The molecule has 0 aliphatic carbocycles. The van der Waals surface area contributed by atoms with E-state index in [9.17, 15) is 4.79 Å². The zero-order chi connectivity index (χ0) is 19.3. The number of piperidine rings is 1. The van der Waals surface area contributed by atoms with E-state index in [0.29, 0.717) is 25.4 Å². The van der Waals surface area contributed by atoms with Crippen molar-refractivity contribution in [2.75, 3.05) is 6.54 Å². The zero-order valence-corrected chi connectivity index (χ0v) is 15.9. The number of carbonyl (C=O) groups excluding carboxylic acids is 1. The monoisotopic (exact) mass is 374 g/mol. The first-order valence-corrected chi connectivity index (χ1v) is 9.09. The Kier molecular flexibility index (Phi) is 6.08. The van der Waals surface area contributed by atoms with Gasteiger partial charge in [-0.2, -0.15) is 10.5 Å². The third kappa shape index (κ3) is 5.51. The van der Waals surface area contributed by atoms with E-state index >= 15 is 0 Å². The largest absolute Gasteiger partial charge is 0.444 e. The molecule has 8 nitrogen and oxygen atoms in total.